The van der Waals surface area contributed by atoms with Crippen LogP contribution in [-0.2, 0) is 21.2 Å². The molecule has 6 nitrogen and oxygen atoms in total. The van der Waals surface area contributed by atoms with Crippen molar-refractivity contribution in [1.82, 2.24) is 4.31 Å². The van der Waals surface area contributed by atoms with Crippen LogP contribution in [-0.4, -0.2) is 38.8 Å². The Hall–Kier alpha value is -1.80. The van der Waals surface area contributed by atoms with Gasteiger partial charge in [-0.15, -0.1) is 0 Å². The van der Waals surface area contributed by atoms with E-state index in [1.807, 2.05) is 0 Å². The molecule has 0 atom stereocenters. The molecule has 0 saturated heterocycles. The van der Waals surface area contributed by atoms with Crippen LogP contribution in [0.4, 0.5) is 5.69 Å². The van der Waals surface area contributed by atoms with Crippen LogP contribution >= 0.6 is 23.2 Å². The van der Waals surface area contributed by atoms with E-state index in [-0.39, 0.29) is 22.9 Å². The van der Waals surface area contributed by atoms with E-state index >= 15 is 0 Å². The summed E-state index contributed by atoms with van der Waals surface area (Å²) >= 11 is 11.9. The number of carbonyl (C=O) groups is 1. The van der Waals surface area contributed by atoms with Crippen LogP contribution in [0, 0.1) is 0 Å². The van der Waals surface area contributed by atoms with Crippen LogP contribution in [0.15, 0.2) is 41.3 Å². The molecule has 2 aromatic rings. The molecule has 0 aliphatic heterocycles. The molecule has 152 valence electrons. The fraction of sp³-hybridized carbons (Fsp3) is 0.316. The van der Waals surface area contributed by atoms with Crippen molar-refractivity contribution in [2.45, 2.75) is 25.2 Å². The smallest absolute Gasteiger partial charge is 0.243 e. The van der Waals surface area contributed by atoms with Crippen LogP contribution < -0.4 is 10.1 Å². The number of methoxy groups -OCH3 is 1. The SMILES string of the molecule is CCN(CC)S(=O)(=O)c1ccc(OC)c(NC(=O)Cc2ccc(Cl)c(Cl)c2)c1. The molecule has 1 amide bonds. The predicted octanol–water partition coefficient (Wildman–Crippen LogP) is 4.21. The van der Waals surface area contributed by atoms with E-state index in [0.717, 1.165) is 0 Å². The Morgan fingerprint density at radius 2 is 1.75 bits per heavy atom. The first-order valence-corrected chi connectivity index (χ1v) is 10.8. The summed E-state index contributed by atoms with van der Waals surface area (Å²) in [4.78, 5) is 12.5. The summed E-state index contributed by atoms with van der Waals surface area (Å²) in [5.74, 6) is 0.0232. The topological polar surface area (TPSA) is 75.7 Å². The zero-order valence-corrected chi connectivity index (χ0v) is 18.2. The first-order valence-electron chi connectivity index (χ1n) is 8.64. The molecule has 28 heavy (non-hydrogen) atoms. The van der Waals surface area contributed by atoms with Gasteiger partial charge in [-0.1, -0.05) is 43.1 Å². The number of nitrogens with zero attached hydrogens (tertiary/aromatic N) is 1. The second kappa shape index (κ2) is 9.60. The number of hydrogen-bond donors (Lipinski definition) is 1. The fourth-order valence-corrected chi connectivity index (χ4v) is 4.49. The molecule has 0 aliphatic rings. The number of sulfonamides is 1. The Morgan fingerprint density at radius 3 is 2.32 bits per heavy atom. The lowest BCUT2D eigenvalue weighted by Gasteiger charge is -2.19. The number of rotatable bonds is 8. The van der Waals surface area contributed by atoms with Gasteiger partial charge in [-0.3, -0.25) is 4.79 Å². The average molecular weight is 445 g/mol. The molecular formula is C19H22Cl2N2O4S. The second-order valence-electron chi connectivity index (χ2n) is 5.92. The van der Waals surface area contributed by atoms with Gasteiger partial charge in [0.1, 0.15) is 5.75 Å². The quantitative estimate of drug-likeness (QED) is 0.661. The Morgan fingerprint density at radius 1 is 1.07 bits per heavy atom. The number of carbonyl (C=O) groups excluding carboxylic acids is 1. The maximum absolute atomic E-state index is 12.7. The summed E-state index contributed by atoms with van der Waals surface area (Å²) in [6.07, 6.45) is 0.0487. The van der Waals surface area contributed by atoms with Crippen molar-refractivity contribution in [3.63, 3.8) is 0 Å². The molecule has 9 heteroatoms. The minimum Gasteiger partial charge on any atom is -0.495 e. The molecule has 0 saturated carbocycles. The summed E-state index contributed by atoms with van der Waals surface area (Å²) in [5, 5.41) is 3.47. The Kier molecular flexibility index (Phi) is 7.71. The Labute approximate surface area is 175 Å². The number of ether oxygens (including phenoxy) is 1. The van der Waals surface area contributed by atoms with Crippen LogP contribution in [0.2, 0.25) is 10.0 Å². The molecule has 0 unspecified atom stereocenters. The van der Waals surface area contributed by atoms with Crippen LogP contribution in [0.1, 0.15) is 19.4 Å². The zero-order chi connectivity index (χ0) is 20.9. The highest BCUT2D eigenvalue weighted by molar-refractivity contribution is 7.89. The van der Waals surface area contributed by atoms with E-state index < -0.39 is 10.0 Å². The number of halogens is 2. The molecule has 0 radical (unpaired) electrons. The van der Waals surface area contributed by atoms with Gasteiger partial charge in [-0.05, 0) is 35.9 Å². The molecule has 0 bridgehead atoms. The third-order valence-corrected chi connectivity index (χ3v) is 6.92. The molecule has 1 N–H and O–H groups in total. The molecular weight excluding hydrogens is 423 g/mol. The van der Waals surface area contributed by atoms with Crippen molar-refractivity contribution in [2.75, 3.05) is 25.5 Å². The lowest BCUT2D eigenvalue weighted by molar-refractivity contribution is -0.115. The summed E-state index contributed by atoms with van der Waals surface area (Å²) < 4.78 is 32.1. The van der Waals surface area contributed by atoms with Gasteiger partial charge in [0.05, 0.1) is 34.2 Å². The highest BCUT2D eigenvalue weighted by atomic mass is 35.5. The highest BCUT2D eigenvalue weighted by Gasteiger charge is 2.23. The first kappa shape index (κ1) is 22.5. The third kappa shape index (κ3) is 5.17. The van der Waals surface area contributed by atoms with Crippen molar-refractivity contribution in [2.24, 2.45) is 0 Å². The second-order valence-corrected chi connectivity index (χ2v) is 8.68. The van der Waals surface area contributed by atoms with Crippen molar-refractivity contribution < 1.29 is 17.9 Å². The van der Waals surface area contributed by atoms with Crippen molar-refractivity contribution in [3.8, 4) is 5.75 Å². The van der Waals surface area contributed by atoms with E-state index in [0.29, 0.717) is 34.4 Å². The van der Waals surface area contributed by atoms with Gasteiger partial charge in [-0.25, -0.2) is 8.42 Å². The van der Waals surface area contributed by atoms with E-state index in [9.17, 15) is 13.2 Å². The average Bonchev–Trinajstić information content (AvgIpc) is 2.65. The molecule has 2 rings (SSSR count). The lowest BCUT2D eigenvalue weighted by atomic mass is 10.1. The number of hydrogen-bond acceptors (Lipinski definition) is 4. The maximum atomic E-state index is 12.7. The van der Waals surface area contributed by atoms with Crippen LogP contribution in [0.3, 0.4) is 0 Å². The summed E-state index contributed by atoms with van der Waals surface area (Å²) in [6, 6.07) is 9.31. The number of anilines is 1. The fourth-order valence-electron chi connectivity index (χ4n) is 2.69. The van der Waals surface area contributed by atoms with Gasteiger partial charge < -0.3 is 10.1 Å². The van der Waals surface area contributed by atoms with Gasteiger partial charge in [0.2, 0.25) is 15.9 Å². The normalized spacial score (nSPS) is 11.5. The van der Waals surface area contributed by atoms with Gasteiger partial charge >= 0.3 is 0 Å². The van der Waals surface area contributed by atoms with Crippen LogP contribution in [0.5, 0.6) is 5.75 Å². The molecule has 2 aromatic carbocycles. The Balaban J connectivity index is 2.28. The number of amides is 1. The standard InChI is InChI=1S/C19H22Cl2N2O4S/c1-4-23(5-2)28(25,26)14-7-9-18(27-3)17(12-14)22-19(24)11-13-6-8-15(20)16(21)10-13/h6-10,12H,4-5,11H2,1-3H3,(H,22,24). The Bertz CT molecular complexity index is 960. The van der Waals surface area contributed by atoms with E-state index in [4.69, 9.17) is 27.9 Å². The molecule has 0 spiro atoms. The molecule has 0 aliphatic carbocycles. The van der Waals surface area contributed by atoms with E-state index in [1.54, 1.807) is 32.0 Å². The molecule has 0 heterocycles. The zero-order valence-electron chi connectivity index (χ0n) is 15.8. The molecule has 0 aromatic heterocycles. The summed E-state index contributed by atoms with van der Waals surface area (Å²) in [5.41, 5.74) is 0.957. The third-order valence-electron chi connectivity index (χ3n) is 4.14. The van der Waals surface area contributed by atoms with E-state index in [2.05, 4.69) is 5.32 Å². The summed E-state index contributed by atoms with van der Waals surface area (Å²) in [7, 11) is -2.21. The van der Waals surface area contributed by atoms with Gasteiger partial charge in [0.25, 0.3) is 0 Å². The lowest BCUT2D eigenvalue weighted by Crippen LogP contribution is -2.30. The van der Waals surface area contributed by atoms with Gasteiger partial charge in [0, 0.05) is 13.1 Å². The summed E-state index contributed by atoms with van der Waals surface area (Å²) in [6.45, 7) is 4.24. The predicted molar refractivity (Wildman–Crippen MR) is 112 cm³/mol. The minimum atomic E-state index is -3.66. The van der Waals surface area contributed by atoms with E-state index in [1.165, 1.54) is 29.6 Å². The maximum Gasteiger partial charge on any atom is 0.243 e. The molecule has 0 fully saturated rings. The minimum absolute atomic E-state index is 0.0487. The largest absolute Gasteiger partial charge is 0.495 e. The van der Waals surface area contributed by atoms with Crippen LogP contribution in [0.25, 0.3) is 0 Å². The first-order chi connectivity index (χ1) is 13.2. The van der Waals surface area contributed by atoms with Crippen molar-refractivity contribution in [3.05, 3.63) is 52.0 Å². The van der Waals surface area contributed by atoms with Crippen molar-refractivity contribution in [1.29, 1.82) is 0 Å². The monoisotopic (exact) mass is 444 g/mol. The van der Waals surface area contributed by atoms with Crippen molar-refractivity contribution >= 4 is 44.8 Å². The highest BCUT2D eigenvalue weighted by Crippen LogP contribution is 2.29. The number of benzene rings is 2. The number of nitrogens with one attached hydrogen (secondary N) is 1. The van der Waals surface area contributed by atoms with Gasteiger partial charge in [0.15, 0.2) is 0 Å². The van der Waals surface area contributed by atoms with Gasteiger partial charge in [-0.2, -0.15) is 4.31 Å².